The molecule has 2 aromatic rings. The standard InChI is InChI=1S/C19H19NO4/c1-4-19(2,20-18(21)22)15-7-11-17(12-8-15)24-13-14-5-9-16(23-3)10-6-14/h1,5-12,20H,13H2,2-3H3,(H,21,22). The lowest BCUT2D eigenvalue weighted by molar-refractivity contribution is 0.186. The first-order valence-corrected chi connectivity index (χ1v) is 7.32. The molecule has 124 valence electrons. The first-order valence-electron chi connectivity index (χ1n) is 7.32. The highest BCUT2D eigenvalue weighted by molar-refractivity contribution is 5.67. The first-order chi connectivity index (χ1) is 11.5. The van der Waals surface area contributed by atoms with E-state index in [1.54, 1.807) is 38.3 Å². The minimum atomic E-state index is -1.17. The predicted octanol–water partition coefficient (Wildman–Crippen LogP) is 3.39. The number of methoxy groups -OCH3 is 1. The van der Waals surface area contributed by atoms with Gasteiger partial charge in [0.25, 0.3) is 0 Å². The number of benzene rings is 2. The van der Waals surface area contributed by atoms with Crippen molar-refractivity contribution in [3.63, 3.8) is 0 Å². The van der Waals surface area contributed by atoms with Crippen LogP contribution in [0.4, 0.5) is 4.79 Å². The summed E-state index contributed by atoms with van der Waals surface area (Å²) in [6.45, 7) is 2.05. The van der Waals surface area contributed by atoms with E-state index in [4.69, 9.17) is 21.0 Å². The molecule has 1 atom stereocenters. The normalized spacial score (nSPS) is 12.5. The van der Waals surface area contributed by atoms with Crippen LogP contribution in [0.15, 0.2) is 48.5 Å². The maximum absolute atomic E-state index is 10.9. The second kappa shape index (κ2) is 7.42. The molecular formula is C19H19NO4. The number of amides is 1. The van der Waals surface area contributed by atoms with Gasteiger partial charge in [0, 0.05) is 0 Å². The topological polar surface area (TPSA) is 67.8 Å². The van der Waals surface area contributed by atoms with Gasteiger partial charge in [0.15, 0.2) is 0 Å². The fraction of sp³-hybridized carbons (Fsp3) is 0.211. The zero-order valence-corrected chi connectivity index (χ0v) is 13.6. The lowest BCUT2D eigenvalue weighted by Gasteiger charge is -2.24. The molecule has 0 saturated carbocycles. The quantitative estimate of drug-likeness (QED) is 0.799. The number of carbonyl (C=O) groups is 1. The van der Waals surface area contributed by atoms with E-state index in [9.17, 15) is 4.79 Å². The smallest absolute Gasteiger partial charge is 0.406 e. The fourth-order valence-corrected chi connectivity index (χ4v) is 2.18. The molecule has 2 N–H and O–H groups in total. The van der Waals surface area contributed by atoms with Crippen LogP contribution in [0.25, 0.3) is 0 Å². The average molecular weight is 325 g/mol. The summed E-state index contributed by atoms with van der Waals surface area (Å²) in [4.78, 5) is 10.9. The second-order valence-electron chi connectivity index (χ2n) is 5.36. The SMILES string of the molecule is C#CC(C)(NC(=O)O)c1ccc(OCc2ccc(OC)cc2)cc1. The maximum atomic E-state index is 10.9. The number of rotatable bonds is 6. The number of ether oxygens (including phenoxy) is 2. The van der Waals surface area contributed by atoms with Gasteiger partial charge in [-0.15, -0.1) is 6.42 Å². The molecule has 0 spiro atoms. The maximum Gasteiger partial charge on any atom is 0.406 e. The van der Waals surface area contributed by atoms with Crippen LogP contribution in [0.5, 0.6) is 11.5 Å². The molecule has 5 heteroatoms. The lowest BCUT2D eigenvalue weighted by Crippen LogP contribution is -2.41. The molecular weight excluding hydrogens is 306 g/mol. The van der Waals surface area contributed by atoms with Crippen molar-refractivity contribution in [1.29, 1.82) is 0 Å². The third kappa shape index (κ3) is 4.20. The van der Waals surface area contributed by atoms with Gasteiger partial charge in [0.05, 0.1) is 7.11 Å². The summed E-state index contributed by atoms with van der Waals surface area (Å²) in [6.07, 6.45) is 4.30. The summed E-state index contributed by atoms with van der Waals surface area (Å²) in [5.41, 5.74) is 0.602. The van der Waals surface area contributed by atoms with Crippen LogP contribution < -0.4 is 14.8 Å². The van der Waals surface area contributed by atoms with Crippen molar-refractivity contribution in [2.24, 2.45) is 0 Å². The molecule has 0 aliphatic rings. The minimum absolute atomic E-state index is 0.420. The Hall–Kier alpha value is -3.13. The van der Waals surface area contributed by atoms with Crippen LogP contribution in [0, 0.1) is 12.3 Å². The highest BCUT2D eigenvalue weighted by Gasteiger charge is 2.25. The van der Waals surface area contributed by atoms with E-state index >= 15 is 0 Å². The van der Waals surface area contributed by atoms with Crippen molar-refractivity contribution in [2.75, 3.05) is 7.11 Å². The Morgan fingerprint density at radius 3 is 2.25 bits per heavy atom. The van der Waals surface area contributed by atoms with Crippen LogP contribution in [-0.4, -0.2) is 18.3 Å². The Morgan fingerprint density at radius 1 is 1.17 bits per heavy atom. The molecule has 0 aliphatic heterocycles. The van der Waals surface area contributed by atoms with Crippen molar-refractivity contribution in [3.05, 3.63) is 59.7 Å². The molecule has 0 heterocycles. The number of hydrogen-bond donors (Lipinski definition) is 2. The monoisotopic (exact) mass is 325 g/mol. The second-order valence-corrected chi connectivity index (χ2v) is 5.36. The first kappa shape index (κ1) is 17.2. The molecule has 0 fully saturated rings. The van der Waals surface area contributed by atoms with Gasteiger partial charge < -0.3 is 19.9 Å². The number of terminal acetylenes is 1. The number of hydrogen-bond acceptors (Lipinski definition) is 3. The van der Waals surface area contributed by atoms with E-state index in [0.717, 1.165) is 11.3 Å². The summed E-state index contributed by atoms with van der Waals surface area (Å²) in [5.74, 6) is 3.93. The number of carboxylic acid groups (broad SMARTS) is 1. The Bertz CT molecular complexity index is 731. The molecule has 5 nitrogen and oxygen atoms in total. The molecule has 0 aliphatic carbocycles. The Labute approximate surface area is 141 Å². The van der Waals surface area contributed by atoms with Crippen molar-refractivity contribution in [2.45, 2.75) is 19.1 Å². The molecule has 24 heavy (non-hydrogen) atoms. The van der Waals surface area contributed by atoms with E-state index in [1.165, 1.54) is 0 Å². The lowest BCUT2D eigenvalue weighted by atomic mass is 9.93. The third-order valence-corrected chi connectivity index (χ3v) is 3.64. The highest BCUT2D eigenvalue weighted by atomic mass is 16.5. The summed E-state index contributed by atoms with van der Waals surface area (Å²) < 4.78 is 10.8. The van der Waals surface area contributed by atoms with E-state index in [-0.39, 0.29) is 0 Å². The van der Waals surface area contributed by atoms with E-state index < -0.39 is 11.6 Å². The highest BCUT2D eigenvalue weighted by Crippen LogP contribution is 2.23. The van der Waals surface area contributed by atoms with Crippen LogP contribution in [0.3, 0.4) is 0 Å². The Kier molecular flexibility index (Phi) is 5.33. The zero-order chi connectivity index (χ0) is 17.6. The van der Waals surface area contributed by atoms with Gasteiger partial charge in [-0.05, 0) is 42.3 Å². The Balaban J connectivity index is 2.03. The van der Waals surface area contributed by atoms with Crippen LogP contribution in [0.1, 0.15) is 18.1 Å². The minimum Gasteiger partial charge on any atom is -0.497 e. The molecule has 0 aromatic heterocycles. The van der Waals surface area contributed by atoms with Crippen LogP contribution in [-0.2, 0) is 12.1 Å². The third-order valence-electron chi connectivity index (χ3n) is 3.64. The van der Waals surface area contributed by atoms with E-state index in [2.05, 4.69) is 11.2 Å². The van der Waals surface area contributed by atoms with Crippen molar-refractivity contribution < 1.29 is 19.4 Å². The molecule has 2 rings (SSSR count). The van der Waals surface area contributed by atoms with Gasteiger partial charge in [0.2, 0.25) is 0 Å². The van der Waals surface area contributed by atoms with Gasteiger partial charge in [-0.3, -0.25) is 0 Å². The number of nitrogens with one attached hydrogen (secondary N) is 1. The van der Waals surface area contributed by atoms with E-state index in [0.29, 0.717) is 17.9 Å². The average Bonchev–Trinajstić information content (AvgIpc) is 2.60. The molecule has 0 radical (unpaired) electrons. The Morgan fingerprint density at radius 2 is 1.75 bits per heavy atom. The summed E-state index contributed by atoms with van der Waals surface area (Å²) in [6, 6.07) is 14.6. The molecule has 2 aromatic carbocycles. The van der Waals surface area contributed by atoms with Gasteiger partial charge in [-0.25, -0.2) is 4.79 Å². The summed E-state index contributed by atoms with van der Waals surface area (Å²) >= 11 is 0. The van der Waals surface area contributed by atoms with E-state index in [1.807, 2.05) is 24.3 Å². The zero-order valence-electron chi connectivity index (χ0n) is 13.6. The van der Waals surface area contributed by atoms with Gasteiger partial charge in [-0.2, -0.15) is 0 Å². The molecule has 1 unspecified atom stereocenters. The van der Waals surface area contributed by atoms with Gasteiger partial charge in [0.1, 0.15) is 23.6 Å². The predicted molar refractivity (Wildman–Crippen MR) is 91.1 cm³/mol. The summed E-state index contributed by atoms with van der Waals surface area (Å²) in [7, 11) is 1.62. The fourth-order valence-electron chi connectivity index (χ4n) is 2.18. The van der Waals surface area contributed by atoms with Gasteiger partial charge in [-0.1, -0.05) is 30.2 Å². The van der Waals surface area contributed by atoms with Crippen molar-refractivity contribution in [1.82, 2.24) is 5.32 Å². The van der Waals surface area contributed by atoms with Crippen molar-refractivity contribution in [3.8, 4) is 23.8 Å². The molecule has 0 bridgehead atoms. The van der Waals surface area contributed by atoms with Gasteiger partial charge >= 0.3 is 6.09 Å². The largest absolute Gasteiger partial charge is 0.497 e. The van der Waals surface area contributed by atoms with Crippen LogP contribution >= 0.6 is 0 Å². The summed E-state index contributed by atoms with van der Waals surface area (Å²) in [5, 5.41) is 11.2. The molecule has 1 amide bonds. The molecule has 0 saturated heterocycles. The van der Waals surface area contributed by atoms with Crippen molar-refractivity contribution >= 4 is 6.09 Å². The van der Waals surface area contributed by atoms with Crippen LogP contribution in [0.2, 0.25) is 0 Å².